The zero-order valence-electron chi connectivity index (χ0n) is 11.9. The minimum atomic E-state index is -0.338. The molecule has 4 heteroatoms. The summed E-state index contributed by atoms with van der Waals surface area (Å²) in [5.41, 5.74) is 2.16. The molecule has 1 fully saturated rings. The van der Waals surface area contributed by atoms with E-state index in [1.165, 1.54) is 0 Å². The number of aryl methyl sites for hydroxylation is 1. The number of rotatable bonds is 4. The Morgan fingerprint density at radius 3 is 2.70 bits per heavy atom. The maximum Gasteiger partial charge on any atom is 0.226 e. The highest BCUT2D eigenvalue weighted by Gasteiger charge is 2.42. The number of hydrogen-bond acceptors (Lipinski definition) is 2. The van der Waals surface area contributed by atoms with Gasteiger partial charge in [-0.05, 0) is 12.5 Å². The number of likely N-dealkylation sites (tertiary alicyclic amines) is 1. The summed E-state index contributed by atoms with van der Waals surface area (Å²) in [6.45, 7) is 6.02. The highest BCUT2D eigenvalue weighted by atomic mass is 16.2. The quantitative estimate of drug-likeness (QED) is 0.850. The second kappa shape index (κ2) is 5.90. The summed E-state index contributed by atoms with van der Waals surface area (Å²) >= 11 is 0. The molecule has 2 amide bonds. The van der Waals surface area contributed by atoms with E-state index in [0.717, 1.165) is 11.1 Å². The van der Waals surface area contributed by atoms with Crippen LogP contribution in [0, 0.1) is 12.8 Å². The van der Waals surface area contributed by atoms with Crippen molar-refractivity contribution in [2.45, 2.75) is 19.4 Å². The molecule has 0 unspecified atom stereocenters. The van der Waals surface area contributed by atoms with E-state index in [2.05, 4.69) is 11.9 Å². The fourth-order valence-corrected chi connectivity index (χ4v) is 2.63. The van der Waals surface area contributed by atoms with Crippen LogP contribution in [0.3, 0.4) is 0 Å². The Bertz CT molecular complexity index is 522. The standard InChI is InChI=1S/C16H20N2O2/c1-4-9-17-16(20)13-10-14(19)18(3)15(13)12-7-5-11(2)6-8-12/h4-8,13,15H,1,9-10H2,2-3H3,(H,17,20)/t13-,15-/m0/s1. The SMILES string of the molecule is C=CCNC(=O)[C@H]1CC(=O)N(C)[C@H]1c1ccc(C)cc1. The van der Waals surface area contributed by atoms with Crippen LogP contribution in [0.1, 0.15) is 23.6 Å². The molecule has 1 aromatic carbocycles. The van der Waals surface area contributed by atoms with E-state index in [9.17, 15) is 9.59 Å². The van der Waals surface area contributed by atoms with Gasteiger partial charge in [0.2, 0.25) is 11.8 Å². The number of nitrogens with zero attached hydrogens (tertiary/aromatic N) is 1. The predicted molar refractivity (Wildman–Crippen MR) is 78.0 cm³/mol. The molecule has 0 saturated carbocycles. The van der Waals surface area contributed by atoms with Gasteiger partial charge in [0.15, 0.2) is 0 Å². The monoisotopic (exact) mass is 272 g/mol. The van der Waals surface area contributed by atoms with Gasteiger partial charge in [0.05, 0.1) is 12.0 Å². The van der Waals surface area contributed by atoms with Gasteiger partial charge in [0.25, 0.3) is 0 Å². The molecule has 2 rings (SSSR count). The molecule has 0 aliphatic carbocycles. The highest BCUT2D eigenvalue weighted by Crippen LogP contribution is 2.37. The van der Waals surface area contributed by atoms with E-state index >= 15 is 0 Å². The maximum atomic E-state index is 12.2. The molecule has 0 aromatic heterocycles. The van der Waals surface area contributed by atoms with Crippen molar-refractivity contribution in [3.63, 3.8) is 0 Å². The maximum absolute atomic E-state index is 12.2. The van der Waals surface area contributed by atoms with E-state index in [4.69, 9.17) is 0 Å². The van der Waals surface area contributed by atoms with E-state index in [1.807, 2.05) is 31.2 Å². The van der Waals surface area contributed by atoms with Crippen LogP contribution in [0.25, 0.3) is 0 Å². The summed E-state index contributed by atoms with van der Waals surface area (Å²) in [7, 11) is 1.76. The smallest absolute Gasteiger partial charge is 0.226 e. The zero-order valence-corrected chi connectivity index (χ0v) is 11.9. The average molecular weight is 272 g/mol. The second-order valence-electron chi connectivity index (χ2n) is 5.20. The van der Waals surface area contributed by atoms with Crippen LogP contribution in [-0.4, -0.2) is 30.3 Å². The molecule has 1 aromatic rings. The lowest BCUT2D eigenvalue weighted by Gasteiger charge is -2.25. The van der Waals surface area contributed by atoms with Gasteiger partial charge in [0, 0.05) is 20.0 Å². The van der Waals surface area contributed by atoms with Gasteiger partial charge in [0.1, 0.15) is 0 Å². The molecular weight excluding hydrogens is 252 g/mol. The molecular formula is C16H20N2O2. The van der Waals surface area contributed by atoms with Crippen molar-refractivity contribution in [2.75, 3.05) is 13.6 Å². The third-order valence-corrected chi connectivity index (χ3v) is 3.76. The normalized spacial score (nSPS) is 21.9. The molecule has 1 heterocycles. The largest absolute Gasteiger partial charge is 0.352 e. The fourth-order valence-electron chi connectivity index (χ4n) is 2.63. The second-order valence-corrected chi connectivity index (χ2v) is 5.20. The van der Waals surface area contributed by atoms with Gasteiger partial charge < -0.3 is 10.2 Å². The molecule has 1 aliphatic rings. The molecule has 0 spiro atoms. The number of amides is 2. The fraction of sp³-hybridized carbons (Fsp3) is 0.375. The number of benzene rings is 1. The Morgan fingerprint density at radius 2 is 2.10 bits per heavy atom. The lowest BCUT2D eigenvalue weighted by molar-refractivity contribution is -0.128. The molecule has 0 radical (unpaired) electrons. The molecule has 1 N–H and O–H groups in total. The Morgan fingerprint density at radius 1 is 1.45 bits per heavy atom. The molecule has 1 aliphatic heterocycles. The van der Waals surface area contributed by atoms with E-state index in [-0.39, 0.29) is 30.2 Å². The van der Waals surface area contributed by atoms with Crippen LogP contribution in [0.4, 0.5) is 0 Å². The van der Waals surface area contributed by atoms with E-state index in [1.54, 1.807) is 18.0 Å². The lowest BCUT2D eigenvalue weighted by Crippen LogP contribution is -2.34. The van der Waals surface area contributed by atoms with Crippen molar-refractivity contribution >= 4 is 11.8 Å². The first-order valence-corrected chi connectivity index (χ1v) is 6.75. The van der Waals surface area contributed by atoms with Crippen molar-refractivity contribution in [3.05, 3.63) is 48.0 Å². The average Bonchev–Trinajstić information content (AvgIpc) is 2.73. The first-order valence-electron chi connectivity index (χ1n) is 6.75. The molecule has 4 nitrogen and oxygen atoms in total. The molecule has 20 heavy (non-hydrogen) atoms. The summed E-state index contributed by atoms with van der Waals surface area (Å²) in [6.07, 6.45) is 1.90. The van der Waals surface area contributed by atoms with Gasteiger partial charge in [-0.1, -0.05) is 35.9 Å². The van der Waals surface area contributed by atoms with Gasteiger partial charge >= 0.3 is 0 Å². The van der Waals surface area contributed by atoms with Crippen LogP contribution in [0.5, 0.6) is 0 Å². The van der Waals surface area contributed by atoms with E-state index < -0.39 is 0 Å². The van der Waals surface area contributed by atoms with Gasteiger partial charge in [-0.15, -0.1) is 6.58 Å². The van der Waals surface area contributed by atoms with Crippen molar-refractivity contribution in [1.29, 1.82) is 0 Å². The van der Waals surface area contributed by atoms with Gasteiger partial charge in [-0.2, -0.15) is 0 Å². The van der Waals surface area contributed by atoms with Crippen molar-refractivity contribution < 1.29 is 9.59 Å². The molecule has 106 valence electrons. The Balaban J connectivity index is 2.26. The minimum Gasteiger partial charge on any atom is -0.352 e. The first-order chi connectivity index (χ1) is 9.54. The van der Waals surface area contributed by atoms with Crippen molar-refractivity contribution in [3.8, 4) is 0 Å². The summed E-state index contributed by atoms with van der Waals surface area (Å²) in [5, 5.41) is 2.79. The minimum absolute atomic E-state index is 0.00864. The lowest BCUT2D eigenvalue weighted by atomic mass is 9.92. The summed E-state index contributed by atoms with van der Waals surface area (Å²) in [5.74, 6) is -0.419. The van der Waals surface area contributed by atoms with Crippen LogP contribution >= 0.6 is 0 Å². The zero-order chi connectivity index (χ0) is 14.7. The topological polar surface area (TPSA) is 49.4 Å². The summed E-state index contributed by atoms with van der Waals surface area (Å²) in [4.78, 5) is 25.8. The number of carbonyl (C=O) groups is 2. The highest BCUT2D eigenvalue weighted by molar-refractivity contribution is 5.90. The van der Waals surface area contributed by atoms with Gasteiger partial charge in [-0.3, -0.25) is 9.59 Å². The number of carbonyl (C=O) groups excluding carboxylic acids is 2. The molecule has 2 atom stereocenters. The van der Waals surface area contributed by atoms with Gasteiger partial charge in [-0.25, -0.2) is 0 Å². The third-order valence-electron chi connectivity index (χ3n) is 3.76. The van der Waals surface area contributed by atoms with Crippen LogP contribution < -0.4 is 5.32 Å². The van der Waals surface area contributed by atoms with Crippen molar-refractivity contribution in [2.24, 2.45) is 5.92 Å². The Kier molecular flexibility index (Phi) is 4.23. The van der Waals surface area contributed by atoms with Crippen LogP contribution in [-0.2, 0) is 9.59 Å². The van der Waals surface area contributed by atoms with Crippen LogP contribution in [0.2, 0.25) is 0 Å². The Hall–Kier alpha value is -2.10. The summed E-state index contributed by atoms with van der Waals surface area (Å²) in [6, 6.07) is 7.80. The third kappa shape index (κ3) is 2.74. The Labute approximate surface area is 119 Å². The molecule has 0 bridgehead atoms. The number of hydrogen-bond donors (Lipinski definition) is 1. The number of nitrogens with one attached hydrogen (secondary N) is 1. The van der Waals surface area contributed by atoms with Crippen molar-refractivity contribution in [1.82, 2.24) is 10.2 Å². The van der Waals surface area contributed by atoms with Crippen LogP contribution in [0.15, 0.2) is 36.9 Å². The first kappa shape index (κ1) is 14.3. The van der Waals surface area contributed by atoms with E-state index in [0.29, 0.717) is 6.54 Å². The predicted octanol–water partition coefficient (Wildman–Crippen LogP) is 1.82. The summed E-state index contributed by atoms with van der Waals surface area (Å²) < 4.78 is 0. The molecule has 1 saturated heterocycles.